The number of rotatable bonds is 6. The van der Waals surface area contributed by atoms with E-state index in [4.69, 9.17) is 4.74 Å². The van der Waals surface area contributed by atoms with Crippen LogP contribution < -0.4 is 5.32 Å². The van der Waals surface area contributed by atoms with Crippen LogP contribution in [0.25, 0.3) is 0 Å². The van der Waals surface area contributed by atoms with Crippen molar-refractivity contribution >= 4 is 24.2 Å². The monoisotopic (exact) mass is 373 g/mol. The highest BCUT2D eigenvalue weighted by atomic mass is 35.5. The van der Waals surface area contributed by atoms with E-state index in [1.165, 1.54) is 12.1 Å². The van der Waals surface area contributed by atoms with Gasteiger partial charge in [0.2, 0.25) is 5.91 Å². The molecule has 0 aromatic heterocycles. The third-order valence-corrected chi connectivity index (χ3v) is 4.00. The molecule has 1 aliphatic rings. The van der Waals surface area contributed by atoms with Crippen molar-refractivity contribution in [3.05, 3.63) is 35.6 Å². The zero-order valence-corrected chi connectivity index (χ0v) is 15.2. The highest BCUT2D eigenvalue weighted by molar-refractivity contribution is 5.94. The molecule has 0 saturated carbocycles. The second kappa shape index (κ2) is 11.0. The first-order chi connectivity index (χ1) is 11.6. The molecule has 1 aromatic carbocycles. The molecule has 1 N–H and O–H groups in total. The Labute approximate surface area is 153 Å². The summed E-state index contributed by atoms with van der Waals surface area (Å²) in [6, 6.07) is 5.99. The van der Waals surface area contributed by atoms with E-state index in [2.05, 4.69) is 5.32 Å². The molecule has 8 heteroatoms. The Morgan fingerprint density at radius 1 is 1.16 bits per heavy atom. The lowest BCUT2D eigenvalue weighted by molar-refractivity contribution is -0.130. The minimum atomic E-state index is -0.512. The van der Waals surface area contributed by atoms with Gasteiger partial charge in [0.15, 0.2) is 0 Å². The Balaban J connectivity index is 0.00000312. The predicted molar refractivity (Wildman–Crippen MR) is 95.5 cm³/mol. The summed E-state index contributed by atoms with van der Waals surface area (Å²) in [5.41, 5.74) is 0.0820. The first-order valence-corrected chi connectivity index (χ1v) is 8.14. The van der Waals surface area contributed by atoms with Gasteiger partial charge in [-0.3, -0.25) is 9.59 Å². The number of hydrogen-bond acceptors (Lipinski definition) is 4. The molecule has 1 fully saturated rings. The van der Waals surface area contributed by atoms with Crippen molar-refractivity contribution < 1.29 is 18.7 Å². The molecule has 0 unspecified atom stereocenters. The van der Waals surface area contributed by atoms with Crippen LogP contribution in [0.5, 0.6) is 0 Å². The number of nitrogens with zero attached hydrogens (tertiary/aromatic N) is 2. The fourth-order valence-electron chi connectivity index (χ4n) is 2.66. The normalized spacial score (nSPS) is 14.6. The average Bonchev–Trinajstić information content (AvgIpc) is 2.84. The quantitative estimate of drug-likeness (QED) is 0.760. The van der Waals surface area contributed by atoms with Crippen LogP contribution in [0.3, 0.4) is 0 Å². The van der Waals surface area contributed by atoms with E-state index in [9.17, 15) is 14.0 Å². The van der Waals surface area contributed by atoms with E-state index in [1.54, 1.807) is 29.0 Å². The molecule has 2 rings (SSSR count). The Bertz CT molecular complexity index is 574. The predicted octanol–water partition coefficient (Wildman–Crippen LogP) is 1.16. The molecule has 140 valence electrons. The maximum Gasteiger partial charge on any atom is 0.256 e. The lowest BCUT2D eigenvalue weighted by atomic mass is 10.2. The van der Waals surface area contributed by atoms with Crippen LogP contribution >= 0.6 is 12.4 Å². The van der Waals surface area contributed by atoms with Gasteiger partial charge >= 0.3 is 0 Å². The van der Waals surface area contributed by atoms with E-state index in [0.717, 1.165) is 0 Å². The van der Waals surface area contributed by atoms with Crippen molar-refractivity contribution in [3.8, 4) is 0 Å². The first-order valence-electron chi connectivity index (χ1n) is 8.14. The van der Waals surface area contributed by atoms with Gasteiger partial charge in [-0.2, -0.15) is 0 Å². The Morgan fingerprint density at radius 2 is 1.84 bits per heavy atom. The maximum absolute atomic E-state index is 13.8. The summed E-state index contributed by atoms with van der Waals surface area (Å²) >= 11 is 0. The first kappa shape index (κ1) is 21.3. The van der Waals surface area contributed by atoms with E-state index in [-0.39, 0.29) is 36.3 Å². The standard InChI is InChI=1S/C17H24FN3O3.ClH/c1-24-12-7-19-13-16(22)20-8-4-9-21(11-10-20)17(23)14-5-2-3-6-15(14)18;/h2-3,5-6,19H,4,7-13H2,1H3;1H. The van der Waals surface area contributed by atoms with Gasteiger partial charge in [0.25, 0.3) is 5.91 Å². The Hall–Kier alpha value is -1.70. The SMILES string of the molecule is COCCNCC(=O)N1CCCN(C(=O)c2ccccc2F)CC1.Cl. The molecular formula is C17H25ClFN3O3. The van der Waals surface area contributed by atoms with Gasteiger partial charge in [0.05, 0.1) is 18.7 Å². The second-order valence-corrected chi connectivity index (χ2v) is 5.68. The number of halogens is 2. The Morgan fingerprint density at radius 3 is 2.56 bits per heavy atom. The molecule has 1 aliphatic heterocycles. The van der Waals surface area contributed by atoms with E-state index in [1.807, 2.05) is 0 Å². The van der Waals surface area contributed by atoms with Crippen LogP contribution in [0, 0.1) is 5.82 Å². The third kappa shape index (κ3) is 6.26. The summed E-state index contributed by atoms with van der Waals surface area (Å²) in [6.45, 7) is 3.43. The molecule has 0 radical (unpaired) electrons. The summed E-state index contributed by atoms with van der Waals surface area (Å²) in [5, 5.41) is 3.02. The summed E-state index contributed by atoms with van der Waals surface area (Å²) in [4.78, 5) is 28.0. The summed E-state index contributed by atoms with van der Waals surface area (Å²) in [6.07, 6.45) is 0.685. The van der Waals surface area contributed by atoms with Gasteiger partial charge < -0.3 is 19.9 Å². The molecule has 1 saturated heterocycles. The van der Waals surface area contributed by atoms with Crippen LogP contribution in [0.1, 0.15) is 16.8 Å². The lowest BCUT2D eigenvalue weighted by Gasteiger charge is -2.22. The van der Waals surface area contributed by atoms with Crippen LogP contribution in [-0.2, 0) is 9.53 Å². The number of methoxy groups -OCH3 is 1. The Kier molecular flexibility index (Phi) is 9.41. The highest BCUT2D eigenvalue weighted by Crippen LogP contribution is 2.12. The van der Waals surface area contributed by atoms with Gasteiger partial charge in [0.1, 0.15) is 5.82 Å². The van der Waals surface area contributed by atoms with Crippen molar-refractivity contribution in [2.75, 3.05) is 53.0 Å². The summed E-state index contributed by atoms with van der Waals surface area (Å²) in [7, 11) is 1.61. The van der Waals surface area contributed by atoms with Gasteiger partial charge in [0, 0.05) is 39.8 Å². The van der Waals surface area contributed by atoms with Crippen LogP contribution in [0.2, 0.25) is 0 Å². The molecular weight excluding hydrogens is 349 g/mol. The third-order valence-electron chi connectivity index (χ3n) is 4.00. The van der Waals surface area contributed by atoms with Crippen LogP contribution in [-0.4, -0.2) is 74.6 Å². The van der Waals surface area contributed by atoms with Crippen LogP contribution in [0.4, 0.5) is 4.39 Å². The number of hydrogen-bond donors (Lipinski definition) is 1. The number of ether oxygens (including phenoxy) is 1. The number of amides is 2. The molecule has 6 nitrogen and oxygen atoms in total. The van der Waals surface area contributed by atoms with E-state index in [0.29, 0.717) is 45.8 Å². The molecule has 0 bridgehead atoms. The molecule has 1 aromatic rings. The van der Waals surface area contributed by atoms with Crippen LogP contribution in [0.15, 0.2) is 24.3 Å². The fraction of sp³-hybridized carbons (Fsp3) is 0.529. The van der Waals surface area contributed by atoms with Crippen molar-refractivity contribution in [1.82, 2.24) is 15.1 Å². The number of nitrogens with one attached hydrogen (secondary N) is 1. The summed E-state index contributed by atoms with van der Waals surface area (Å²) < 4.78 is 18.7. The maximum atomic E-state index is 13.8. The number of carbonyl (C=O) groups is 2. The average molecular weight is 374 g/mol. The van der Waals surface area contributed by atoms with Crippen molar-refractivity contribution in [3.63, 3.8) is 0 Å². The topological polar surface area (TPSA) is 61.9 Å². The number of benzene rings is 1. The number of carbonyl (C=O) groups excluding carboxylic acids is 2. The minimum Gasteiger partial charge on any atom is -0.383 e. The smallest absolute Gasteiger partial charge is 0.256 e. The minimum absolute atomic E-state index is 0. The van der Waals surface area contributed by atoms with Crippen molar-refractivity contribution in [2.24, 2.45) is 0 Å². The molecule has 0 atom stereocenters. The molecule has 0 spiro atoms. The highest BCUT2D eigenvalue weighted by Gasteiger charge is 2.23. The zero-order chi connectivity index (χ0) is 17.4. The largest absolute Gasteiger partial charge is 0.383 e. The molecule has 0 aliphatic carbocycles. The van der Waals surface area contributed by atoms with E-state index >= 15 is 0 Å². The van der Waals surface area contributed by atoms with Gasteiger partial charge in [-0.1, -0.05) is 12.1 Å². The molecule has 1 heterocycles. The molecule has 2 amide bonds. The zero-order valence-electron chi connectivity index (χ0n) is 14.4. The van der Waals surface area contributed by atoms with Gasteiger partial charge in [-0.05, 0) is 18.6 Å². The van der Waals surface area contributed by atoms with Gasteiger partial charge in [-0.25, -0.2) is 4.39 Å². The van der Waals surface area contributed by atoms with Gasteiger partial charge in [-0.15, -0.1) is 12.4 Å². The van der Waals surface area contributed by atoms with Crippen molar-refractivity contribution in [2.45, 2.75) is 6.42 Å². The lowest BCUT2D eigenvalue weighted by Crippen LogP contribution is -2.41. The molecule has 25 heavy (non-hydrogen) atoms. The van der Waals surface area contributed by atoms with E-state index < -0.39 is 5.82 Å². The summed E-state index contributed by atoms with van der Waals surface area (Å²) in [5.74, 6) is -0.825. The fourth-order valence-corrected chi connectivity index (χ4v) is 2.66. The van der Waals surface area contributed by atoms with Crippen molar-refractivity contribution in [1.29, 1.82) is 0 Å². The second-order valence-electron chi connectivity index (χ2n) is 5.68.